The summed E-state index contributed by atoms with van der Waals surface area (Å²) in [6.07, 6.45) is 2.29. The molecule has 0 unspecified atom stereocenters. The lowest BCUT2D eigenvalue weighted by molar-refractivity contribution is 0.124. The van der Waals surface area contributed by atoms with E-state index in [4.69, 9.17) is 16.3 Å². The van der Waals surface area contributed by atoms with Crippen molar-refractivity contribution < 1.29 is 4.74 Å². The van der Waals surface area contributed by atoms with Crippen molar-refractivity contribution in [3.63, 3.8) is 0 Å². The lowest BCUT2D eigenvalue weighted by Crippen LogP contribution is -2.09. The maximum atomic E-state index is 5.94. The van der Waals surface area contributed by atoms with Gasteiger partial charge in [-0.1, -0.05) is 25.5 Å². The Balaban J connectivity index is 2.06. The van der Waals surface area contributed by atoms with Crippen LogP contribution in [0, 0.1) is 0 Å². The van der Waals surface area contributed by atoms with E-state index < -0.39 is 0 Å². The van der Waals surface area contributed by atoms with Gasteiger partial charge in [-0.05, 0) is 18.6 Å². The Kier molecular flexibility index (Phi) is 5.02. The van der Waals surface area contributed by atoms with Crippen LogP contribution in [0.3, 0.4) is 0 Å². The minimum absolute atomic E-state index is 0.434. The van der Waals surface area contributed by atoms with Crippen LogP contribution in [0.15, 0.2) is 24.3 Å². The Labute approximate surface area is 113 Å². The van der Waals surface area contributed by atoms with Gasteiger partial charge in [-0.3, -0.25) is 0 Å². The second kappa shape index (κ2) is 6.76. The van der Waals surface area contributed by atoms with Crippen LogP contribution in [0.25, 0.3) is 11.0 Å². The fourth-order valence-corrected chi connectivity index (χ4v) is 2.19. The highest BCUT2D eigenvalue weighted by molar-refractivity contribution is 6.16. The van der Waals surface area contributed by atoms with Gasteiger partial charge in [0.2, 0.25) is 0 Å². The first-order valence-corrected chi connectivity index (χ1v) is 6.98. The summed E-state index contributed by atoms with van der Waals surface area (Å²) in [6.45, 7) is 4.52. The Morgan fingerprint density at radius 2 is 2.11 bits per heavy atom. The van der Waals surface area contributed by atoms with E-state index in [0.29, 0.717) is 12.5 Å². The molecular formula is C14H19ClN2O. The molecule has 0 aliphatic carbocycles. The molecule has 1 aromatic carbocycles. The number of hydrogen-bond acceptors (Lipinski definition) is 2. The predicted molar refractivity (Wildman–Crippen MR) is 75.0 cm³/mol. The summed E-state index contributed by atoms with van der Waals surface area (Å²) in [4.78, 5) is 4.52. The van der Waals surface area contributed by atoms with Gasteiger partial charge in [0.1, 0.15) is 5.82 Å². The number of ether oxygens (including phenoxy) is 1. The van der Waals surface area contributed by atoms with Gasteiger partial charge in [-0.25, -0.2) is 4.98 Å². The van der Waals surface area contributed by atoms with Gasteiger partial charge >= 0.3 is 0 Å². The number of nitrogens with zero attached hydrogens (tertiary/aromatic N) is 2. The molecule has 0 atom stereocenters. The molecule has 0 radical (unpaired) electrons. The van der Waals surface area contributed by atoms with Crippen LogP contribution >= 0.6 is 11.6 Å². The maximum absolute atomic E-state index is 5.94. The molecule has 0 bridgehead atoms. The Bertz CT molecular complexity index is 495. The number of fused-ring (bicyclic) bond motifs is 1. The second-order valence-electron chi connectivity index (χ2n) is 4.27. The average molecular weight is 267 g/mol. The summed E-state index contributed by atoms with van der Waals surface area (Å²) in [6, 6.07) is 8.11. The van der Waals surface area contributed by atoms with Crippen molar-refractivity contribution in [2.24, 2.45) is 0 Å². The molecule has 0 N–H and O–H groups in total. The largest absolute Gasteiger partial charge is 0.380 e. The lowest BCUT2D eigenvalue weighted by atomic mass is 10.3. The molecule has 0 amide bonds. The van der Waals surface area contributed by atoms with Crippen molar-refractivity contribution in [3.8, 4) is 0 Å². The van der Waals surface area contributed by atoms with Crippen LogP contribution in [0.4, 0.5) is 0 Å². The highest BCUT2D eigenvalue weighted by atomic mass is 35.5. The molecule has 3 nitrogen and oxygen atoms in total. The first-order chi connectivity index (χ1) is 8.86. The highest BCUT2D eigenvalue weighted by Gasteiger charge is 2.08. The number of rotatable bonds is 7. The molecule has 98 valence electrons. The Hall–Kier alpha value is -1.06. The van der Waals surface area contributed by atoms with Crippen LogP contribution in [0.5, 0.6) is 0 Å². The van der Waals surface area contributed by atoms with Crippen molar-refractivity contribution in [2.45, 2.75) is 32.2 Å². The van der Waals surface area contributed by atoms with E-state index in [1.807, 2.05) is 18.2 Å². The van der Waals surface area contributed by atoms with Gasteiger partial charge in [0.25, 0.3) is 0 Å². The summed E-state index contributed by atoms with van der Waals surface area (Å²) in [5, 5.41) is 0. The summed E-state index contributed by atoms with van der Waals surface area (Å²) < 4.78 is 7.75. The Morgan fingerprint density at radius 3 is 2.89 bits per heavy atom. The predicted octanol–water partition coefficient (Wildman–Crippen LogP) is 3.59. The van der Waals surface area contributed by atoms with Gasteiger partial charge in [0.05, 0.1) is 23.5 Å². The van der Waals surface area contributed by atoms with E-state index in [2.05, 4.69) is 22.5 Å². The van der Waals surface area contributed by atoms with Crippen LogP contribution in [0.1, 0.15) is 25.6 Å². The fourth-order valence-electron chi connectivity index (χ4n) is 1.98. The van der Waals surface area contributed by atoms with Crippen molar-refractivity contribution in [1.82, 2.24) is 9.55 Å². The van der Waals surface area contributed by atoms with Gasteiger partial charge in [-0.15, -0.1) is 11.6 Å². The number of imidazole rings is 1. The maximum Gasteiger partial charge on any atom is 0.124 e. The third kappa shape index (κ3) is 3.03. The molecule has 1 aromatic heterocycles. The van der Waals surface area contributed by atoms with Crippen molar-refractivity contribution in [1.29, 1.82) is 0 Å². The van der Waals surface area contributed by atoms with Crippen molar-refractivity contribution >= 4 is 22.6 Å². The summed E-state index contributed by atoms with van der Waals surface area (Å²) in [5.41, 5.74) is 2.13. The molecule has 0 fully saturated rings. The summed E-state index contributed by atoms with van der Waals surface area (Å²) in [5.74, 6) is 1.35. The normalized spacial score (nSPS) is 11.2. The number of halogens is 1. The molecule has 18 heavy (non-hydrogen) atoms. The molecular weight excluding hydrogens is 248 g/mol. The van der Waals surface area contributed by atoms with E-state index >= 15 is 0 Å². The quantitative estimate of drug-likeness (QED) is 0.566. The summed E-state index contributed by atoms with van der Waals surface area (Å²) in [7, 11) is 0. The summed E-state index contributed by atoms with van der Waals surface area (Å²) >= 11 is 5.94. The molecule has 4 heteroatoms. The third-order valence-electron chi connectivity index (χ3n) is 2.95. The topological polar surface area (TPSA) is 27.1 Å². The van der Waals surface area contributed by atoms with E-state index in [-0.39, 0.29) is 0 Å². The van der Waals surface area contributed by atoms with E-state index in [1.165, 1.54) is 6.42 Å². The molecule has 1 heterocycles. The monoisotopic (exact) mass is 266 g/mol. The first-order valence-electron chi connectivity index (χ1n) is 6.44. The molecule has 0 saturated heterocycles. The molecule has 0 saturated carbocycles. The standard InChI is InChI=1S/C14H19ClN2O/c1-2-3-9-18-10-8-17-13-7-5-4-6-12(13)16-14(17)11-15/h4-7H,2-3,8-11H2,1H3. The zero-order valence-electron chi connectivity index (χ0n) is 10.7. The average Bonchev–Trinajstić information content (AvgIpc) is 2.77. The van der Waals surface area contributed by atoms with E-state index in [9.17, 15) is 0 Å². The van der Waals surface area contributed by atoms with Crippen LogP contribution in [-0.2, 0) is 17.2 Å². The number of unbranched alkanes of at least 4 members (excludes halogenated alkanes) is 1. The zero-order valence-corrected chi connectivity index (χ0v) is 11.5. The van der Waals surface area contributed by atoms with Crippen LogP contribution in [-0.4, -0.2) is 22.8 Å². The number of benzene rings is 1. The number of alkyl halides is 1. The number of hydrogen-bond donors (Lipinski definition) is 0. The minimum Gasteiger partial charge on any atom is -0.380 e. The van der Waals surface area contributed by atoms with Crippen molar-refractivity contribution in [2.75, 3.05) is 13.2 Å². The molecule has 0 spiro atoms. The van der Waals surface area contributed by atoms with E-state index in [0.717, 1.165) is 36.4 Å². The second-order valence-corrected chi connectivity index (χ2v) is 4.54. The van der Waals surface area contributed by atoms with Gasteiger partial charge < -0.3 is 9.30 Å². The number of para-hydroxylation sites is 2. The fraction of sp³-hybridized carbons (Fsp3) is 0.500. The molecule has 2 aromatic rings. The van der Waals surface area contributed by atoms with Gasteiger partial charge in [0, 0.05) is 13.2 Å². The molecule has 2 rings (SSSR count). The van der Waals surface area contributed by atoms with E-state index in [1.54, 1.807) is 0 Å². The van der Waals surface area contributed by atoms with Crippen LogP contribution in [0.2, 0.25) is 0 Å². The van der Waals surface area contributed by atoms with Crippen LogP contribution < -0.4 is 0 Å². The lowest BCUT2D eigenvalue weighted by Gasteiger charge is -2.08. The van der Waals surface area contributed by atoms with Crippen molar-refractivity contribution in [3.05, 3.63) is 30.1 Å². The number of aromatic nitrogens is 2. The zero-order chi connectivity index (χ0) is 12.8. The highest BCUT2D eigenvalue weighted by Crippen LogP contribution is 2.17. The minimum atomic E-state index is 0.434. The van der Waals surface area contributed by atoms with Gasteiger partial charge in [-0.2, -0.15) is 0 Å². The molecule has 0 aliphatic heterocycles. The molecule has 0 aliphatic rings. The van der Waals surface area contributed by atoms with Gasteiger partial charge in [0.15, 0.2) is 0 Å². The third-order valence-corrected chi connectivity index (χ3v) is 3.19. The first kappa shape index (κ1) is 13.4. The Morgan fingerprint density at radius 1 is 1.28 bits per heavy atom. The smallest absolute Gasteiger partial charge is 0.124 e. The SMILES string of the molecule is CCCCOCCn1c(CCl)nc2ccccc21.